The third-order valence-electron chi connectivity index (χ3n) is 3.04. The molecule has 3 aromatic heterocycles. The Morgan fingerprint density at radius 1 is 1.23 bits per heavy atom. The second-order valence-corrected chi connectivity index (χ2v) is 5.45. The maximum Gasteiger partial charge on any atom is 0.218 e. The first-order valence-electron chi connectivity index (χ1n) is 6.90. The van der Waals surface area contributed by atoms with Crippen LogP contribution in [0, 0.1) is 0 Å². The maximum atomic E-state index is 5.90. The second kappa shape index (κ2) is 6.85. The summed E-state index contributed by atoms with van der Waals surface area (Å²) in [7, 11) is 0. The van der Waals surface area contributed by atoms with Crippen molar-refractivity contribution in [2.45, 2.75) is 20.1 Å². The monoisotopic (exact) mass is 362 g/mol. The van der Waals surface area contributed by atoms with Crippen LogP contribution >= 0.6 is 15.9 Å². The van der Waals surface area contributed by atoms with Gasteiger partial charge in [0.05, 0.1) is 23.0 Å². The fourth-order valence-electron chi connectivity index (χ4n) is 1.98. The number of fused-ring (bicyclic) bond motifs is 1. The molecule has 0 saturated heterocycles. The highest BCUT2D eigenvalue weighted by Gasteiger charge is 2.11. The van der Waals surface area contributed by atoms with Gasteiger partial charge in [-0.1, -0.05) is 0 Å². The van der Waals surface area contributed by atoms with Crippen LogP contribution in [-0.2, 0) is 18.0 Å². The summed E-state index contributed by atoms with van der Waals surface area (Å²) in [6.45, 7) is 3.47. The summed E-state index contributed by atoms with van der Waals surface area (Å²) in [5, 5.41) is 4.28. The lowest BCUT2D eigenvalue weighted by atomic mass is 10.3. The standard InChI is InChI=1S/C15H15BrN4O2/c1-2-21-10-12-7-14(20-15(19-12)13(16)8-18-20)22-9-11-3-5-17-6-4-11/h3-8H,2,9-10H2,1H3. The molecule has 6 nitrogen and oxygen atoms in total. The molecule has 3 rings (SSSR count). The van der Waals surface area contributed by atoms with Gasteiger partial charge in [-0.3, -0.25) is 4.98 Å². The van der Waals surface area contributed by atoms with Gasteiger partial charge >= 0.3 is 0 Å². The molecule has 3 heterocycles. The van der Waals surface area contributed by atoms with E-state index in [1.54, 1.807) is 23.1 Å². The average molecular weight is 363 g/mol. The number of halogens is 1. The van der Waals surface area contributed by atoms with E-state index in [1.165, 1.54) is 0 Å². The molecule has 0 radical (unpaired) electrons. The fourth-order valence-corrected chi connectivity index (χ4v) is 2.32. The van der Waals surface area contributed by atoms with Crippen molar-refractivity contribution in [2.24, 2.45) is 0 Å². The van der Waals surface area contributed by atoms with Gasteiger partial charge in [-0.15, -0.1) is 0 Å². The smallest absolute Gasteiger partial charge is 0.218 e. The minimum Gasteiger partial charge on any atom is -0.473 e. The molecule has 0 bridgehead atoms. The molecule has 22 heavy (non-hydrogen) atoms. The molecule has 0 amide bonds. The zero-order valence-electron chi connectivity index (χ0n) is 12.1. The highest BCUT2D eigenvalue weighted by Crippen LogP contribution is 2.22. The average Bonchev–Trinajstić information content (AvgIpc) is 2.93. The predicted octanol–water partition coefficient (Wildman–Crippen LogP) is 3.00. The van der Waals surface area contributed by atoms with E-state index in [4.69, 9.17) is 9.47 Å². The van der Waals surface area contributed by atoms with Crippen LogP contribution < -0.4 is 4.74 Å². The first-order valence-corrected chi connectivity index (χ1v) is 7.70. The van der Waals surface area contributed by atoms with E-state index in [0.29, 0.717) is 31.3 Å². The van der Waals surface area contributed by atoms with Crippen LogP contribution in [0.25, 0.3) is 5.65 Å². The molecule has 3 aromatic rings. The first-order chi connectivity index (χ1) is 10.8. The van der Waals surface area contributed by atoms with Crippen LogP contribution in [0.15, 0.2) is 41.3 Å². The van der Waals surface area contributed by atoms with Gasteiger partial charge in [0.25, 0.3) is 0 Å². The SMILES string of the molecule is CCOCc1cc(OCc2ccncc2)n2ncc(Br)c2n1. The summed E-state index contributed by atoms with van der Waals surface area (Å²) in [4.78, 5) is 8.52. The van der Waals surface area contributed by atoms with Crippen molar-refractivity contribution in [3.63, 3.8) is 0 Å². The zero-order chi connectivity index (χ0) is 15.4. The molecular formula is C15H15BrN4O2. The van der Waals surface area contributed by atoms with E-state index in [-0.39, 0.29) is 0 Å². The van der Waals surface area contributed by atoms with Gasteiger partial charge in [0.15, 0.2) is 5.65 Å². The normalized spacial score (nSPS) is 11.0. The summed E-state index contributed by atoms with van der Waals surface area (Å²) in [6.07, 6.45) is 5.18. The van der Waals surface area contributed by atoms with Crippen LogP contribution in [0.1, 0.15) is 18.2 Å². The van der Waals surface area contributed by atoms with Crippen LogP contribution in [0.4, 0.5) is 0 Å². The highest BCUT2D eigenvalue weighted by atomic mass is 79.9. The van der Waals surface area contributed by atoms with E-state index in [0.717, 1.165) is 15.7 Å². The Morgan fingerprint density at radius 3 is 2.82 bits per heavy atom. The molecule has 0 saturated carbocycles. The van der Waals surface area contributed by atoms with Gasteiger partial charge in [-0.05, 0) is 40.5 Å². The third-order valence-corrected chi connectivity index (χ3v) is 3.60. The van der Waals surface area contributed by atoms with Crippen LogP contribution in [0.5, 0.6) is 5.88 Å². The van der Waals surface area contributed by atoms with Crippen molar-refractivity contribution < 1.29 is 9.47 Å². The number of rotatable bonds is 6. The topological polar surface area (TPSA) is 61.5 Å². The number of pyridine rings is 1. The van der Waals surface area contributed by atoms with Crippen molar-refractivity contribution in [3.05, 3.63) is 52.5 Å². The van der Waals surface area contributed by atoms with Gasteiger partial charge in [0.2, 0.25) is 5.88 Å². The first kappa shape index (κ1) is 14.9. The number of ether oxygens (including phenoxy) is 2. The molecule has 7 heteroatoms. The molecule has 0 aliphatic rings. The number of hydrogen-bond donors (Lipinski definition) is 0. The van der Waals surface area contributed by atoms with Crippen LogP contribution in [0.2, 0.25) is 0 Å². The molecule has 0 spiro atoms. The lowest BCUT2D eigenvalue weighted by Gasteiger charge is -2.10. The molecule has 0 N–H and O–H groups in total. The Morgan fingerprint density at radius 2 is 2.05 bits per heavy atom. The van der Waals surface area contributed by atoms with Crippen molar-refractivity contribution >= 4 is 21.6 Å². The Hall–Kier alpha value is -1.99. The van der Waals surface area contributed by atoms with Crippen LogP contribution in [-0.4, -0.2) is 26.2 Å². The van der Waals surface area contributed by atoms with Gasteiger partial charge in [-0.25, -0.2) is 4.98 Å². The predicted molar refractivity (Wildman–Crippen MR) is 84.6 cm³/mol. The van der Waals surface area contributed by atoms with Crippen molar-refractivity contribution in [2.75, 3.05) is 6.61 Å². The van der Waals surface area contributed by atoms with E-state index in [1.807, 2.05) is 25.1 Å². The Balaban J connectivity index is 1.89. The zero-order valence-corrected chi connectivity index (χ0v) is 13.7. The minimum atomic E-state index is 0.438. The lowest BCUT2D eigenvalue weighted by molar-refractivity contribution is 0.131. The quantitative estimate of drug-likeness (QED) is 0.674. The summed E-state index contributed by atoms with van der Waals surface area (Å²) in [6, 6.07) is 5.68. The van der Waals surface area contributed by atoms with Crippen molar-refractivity contribution in [3.8, 4) is 5.88 Å². The number of hydrogen-bond acceptors (Lipinski definition) is 5. The number of aromatic nitrogens is 4. The van der Waals surface area contributed by atoms with Gasteiger partial charge in [0, 0.05) is 25.1 Å². The molecular weight excluding hydrogens is 348 g/mol. The van der Waals surface area contributed by atoms with Gasteiger partial charge in [0.1, 0.15) is 6.61 Å². The Kier molecular flexibility index (Phi) is 4.65. The molecule has 0 fully saturated rings. The minimum absolute atomic E-state index is 0.438. The van der Waals surface area contributed by atoms with Crippen LogP contribution in [0.3, 0.4) is 0 Å². The Labute approximate surface area is 136 Å². The molecule has 0 atom stereocenters. The molecule has 0 unspecified atom stereocenters. The summed E-state index contributed by atoms with van der Waals surface area (Å²) in [5.74, 6) is 0.627. The fraction of sp³-hybridized carbons (Fsp3) is 0.267. The Bertz CT molecular complexity index is 761. The van der Waals surface area contributed by atoms with Gasteiger partial charge < -0.3 is 9.47 Å². The molecule has 0 aromatic carbocycles. The largest absolute Gasteiger partial charge is 0.473 e. The van der Waals surface area contributed by atoms with E-state index in [9.17, 15) is 0 Å². The summed E-state index contributed by atoms with van der Waals surface area (Å²) < 4.78 is 13.8. The summed E-state index contributed by atoms with van der Waals surface area (Å²) >= 11 is 3.45. The van der Waals surface area contributed by atoms with Gasteiger partial charge in [-0.2, -0.15) is 9.61 Å². The summed E-state index contributed by atoms with van der Waals surface area (Å²) in [5.41, 5.74) is 2.56. The molecule has 0 aliphatic heterocycles. The third kappa shape index (κ3) is 3.26. The van der Waals surface area contributed by atoms with E-state index >= 15 is 0 Å². The number of nitrogens with zero attached hydrogens (tertiary/aromatic N) is 4. The lowest BCUT2D eigenvalue weighted by Crippen LogP contribution is -2.05. The molecule has 0 aliphatic carbocycles. The van der Waals surface area contributed by atoms with E-state index < -0.39 is 0 Å². The van der Waals surface area contributed by atoms with E-state index in [2.05, 4.69) is 31.0 Å². The molecule has 114 valence electrons. The van der Waals surface area contributed by atoms with Crippen molar-refractivity contribution in [1.82, 2.24) is 19.6 Å². The van der Waals surface area contributed by atoms with Crippen molar-refractivity contribution in [1.29, 1.82) is 0 Å². The maximum absolute atomic E-state index is 5.90. The highest BCUT2D eigenvalue weighted by molar-refractivity contribution is 9.10. The second-order valence-electron chi connectivity index (χ2n) is 4.59.